The predicted molar refractivity (Wildman–Crippen MR) is 236 cm³/mol. The van der Waals surface area contributed by atoms with E-state index in [-0.39, 0.29) is 19.4 Å². The number of carboxylic acid groups (broad SMARTS) is 1. The first-order valence-electron chi connectivity index (χ1n) is 23.7. The molecule has 0 aromatic carbocycles. The van der Waals surface area contributed by atoms with E-state index >= 15 is 0 Å². The number of unbranched alkanes of at least 4 members (excludes halogenated alkanes) is 29. The summed E-state index contributed by atoms with van der Waals surface area (Å²) in [5.74, 6) is -2.37. The van der Waals surface area contributed by atoms with E-state index in [1.807, 2.05) is 0 Å². The van der Waals surface area contributed by atoms with E-state index in [0.717, 1.165) is 57.8 Å². The number of carbonyl (C=O) groups is 3. The second-order valence-corrected chi connectivity index (χ2v) is 17.7. The van der Waals surface area contributed by atoms with Gasteiger partial charge in [0, 0.05) is 12.8 Å². The molecule has 342 valence electrons. The van der Waals surface area contributed by atoms with Crippen LogP contribution >= 0.6 is 7.82 Å². The van der Waals surface area contributed by atoms with Gasteiger partial charge in [-0.15, -0.1) is 0 Å². The van der Waals surface area contributed by atoms with E-state index < -0.39 is 51.1 Å². The van der Waals surface area contributed by atoms with Crippen molar-refractivity contribution < 1.29 is 47.5 Å². The highest BCUT2D eigenvalue weighted by molar-refractivity contribution is 7.47. The minimum Gasteiger partial charge on any atom is -0.480 e. The molecule has 0 saturated carbocycles. The Morgan fingerprint density at radius 3 is 1.26 bits per heavy atom. The van der Waals surface area contributed by atoms with Crippen molar-refractivity contribution in [1.82, 2.24) is 0 Å². The zero-order chi connectivity index (χ0) is 42.8. The van der Waals surface area contributed by atoms with Crippen LogP contribution in [0.4, 0.5) is 0 Å². The molecule has 0 rings (SSSR count). The number of nitrogens with two attached hydrogens (primary N) is 1. The third-order valence-electron chi connectivity index (χ3n) is 10.5. The number of hydrogen-bond donors (Lipinski definition) is 3. The maximum absolute atomic E-state index is 12.7. The number of carboxylic acids is 1. The summed E-state index contributed by atoms with van der Waals surface area (Å²) in [4.78, 5) is 46.0. The third-order valence-corrected chi connectivity index (χ3v) is 11.5. The van der Waals surface area contributed by atoms with E-state index in [0.29, 0.717) is 12.8 Å². The van der Waals surface area contributed by atoms with E-state index in [1.165, 1.54) is 135 Å². The van der Waals surface area contributed by atoms with Crippen molar-refractivity contribution in [3.05, 3.63) is 12.2 Å². The fourth-order valence-electron chi connectivity index (χ4n) is 6.77. The number of phosphoric ester groups is 1. The number of carbonyl (C=O) groups excluding carboxylic acids is 2. The molecular formula is C46H88NO10P. The van der Waals surface area contributed by atoms with Crippen LogP contribution < -0.4 is 5.73 Å². The molecule has 0 spiro atoms. The number of phosphoric acid groups is 1. The van der Waals surface area contributed by atoms with Crippen molar-refractivity contribution in [1.29, 1.82) is 0 Å². The summed E-state index contributed by atoms with van der Waals surface area (Å²) >= 11 is 0. The Balaban J connectivity index is 4.28. The van der Waals surface area contributed by atoms with E-state index in [1.54, 1.807) is 0 Å². The Morgan fingerprint density at radius 1 is 0.517 bits per heavy atom. The largest absolute Gasteiger partial charge is 0.480 e. The smallest absolute Gasteiger partial charge is 0.472 e. The van der Waals surface area contributed by atoms with Crippen LogP contribution in [0.15, 0.2) is 12.2 Å². The number of esters is 2. The zero-order valence-corrected chi connectivity index (χ0v) is 38.1. The van der Waals surface area contributed by atoms with Crippen LogP contribution in [-0.2, 0) is 37.5 Å². The molecular weight excluding hydrogens is 757 g/mol. The maximum Gasteiger partial charge on any atom is 0.472 e. The van der Waals surface area contributed by atoms with Crippen molar-refractivity contribution >= 4 is 25.7 Å². The van der Waals surface area contributed by atoms with Crippen LogP contribution in [0.3, 0.4) is 0 Å². The molecule has 0 fully saturated rings. The second-order valence-electron chi connectivity index (χ2n) is 16.2. The highest BCUT2D eigenvalue weighted by Crippen LogP contribution is 2.43. The monoisotopic (exact) mass is 846 g/mol. The van der Waals surface area contributed by atoms with Gasteiger partial charge < -0.3 is 25.2 Å². The third kappa shape index (κ3) is 41.0. The zero-order valence-electron chi connectivity index (χ0n) is 37.2. The molecule has 3 atom stereocenters. The molecule has 4 N–H and O–H groups in total. The van der Waals surface area contributed by atoms with Gasteiger partial charge in [-0.3, -0.25) is 23.4 Å². The molecule has 0 bridgehead atoms. The van der Waals surface area contributed by atoms with E-state index in [4.69, 9.17) is 24.8 Å². The first kappa shape index (κ1) is 56.2. The molecule has 58 heavy (non-hydrogen) atoms. The van der Waals surface area contributed by atoms with Gasteiger partial charge in [0.2, 0.25) is 0 Å². The summed E-state index contributed by atoms with van der Waals surface area (Å²) in [6.07, 6.45) is 42.7. The first-order chi connectivity index (χ1) is 28.1. The van der Waals surface area contributed by atoms with E-state index in [9.17, 15) is 23.8 Å². The summed E-state index contributed by atoms with van der Waals surface area (Å²) in [5.41, 5.74) is 5.34. The average molecular weight is 846 g/mol. The Labute approximate surface area is 354 Å². The summed E-state index contributed by atoms with van der Waals surface area (Å²) in [5, 5.41) is 8.90. The first-order valence-corrected chi connectivity index (χ1v) is 25.2. The standard InChI is InChI=1S/C46H88NO10P/c1-3-5-7-9-11-13-15-17-19-21-22-24-26-28-30-32-34-36-38-45(49)57-42(40-55-58(52,53)56-41-43(47)46(50)51)39-54-44(48)37-35-33-31-29-27-25-23-20-18-16-14-12-10-8-6-4-2/h20,23,42-43H,3-19,21-22,24-41,47H2,1-2H3,(H,50,51)(H,52,53)/b23-20-/t42-,43+/m1/s1. The Kier molecular flexibility index (Phi) is 40.6. The van der Waals surface area contributed by atoms with Crippen molar-refractivity contribution in [3.8, 4) is 0 Å². The van der Waals surface area contributed by atoms with Gasteiger partial charge in [-0.25, -0.2) is 4.57 Å². The second kappa shape index (κ2) is 41.9. The highest BCUT2D eigenvalue weighted by Gasteiger charge is 2.28. The lowest BCUT2D eigenvalue weighted by molar-refractivity contribution is -0.161. The molecule has 1 unspecified atom stereocenters. The molecule has 0 saturated heterocycles. The van der Waals surface area contributed by atoms with Crippen LogP contribution in [0.25, 0.3) is 0 Å². The number of allylic oxidation sites excluding steroid dienone is 2. The van der Waals surface area contributed by atoms with Crippen molar-refractivity contribution in [2.45, 2.75) is 244 Å². The summed E-state index contributed by atoms with van der Waals surface area (Å²) in [6.45, 7) is 2.83. The molecule has 0 aliphatic rings. The number of hydrogen-bond acceptors (Lipinski definition) is 9. The van der Waals surface area contributed by atoms with Crippen LogP contribution in [0, 0.1) is 0 Å². The Hall–Kier alpha value is -1.78. The van der Waals surface area contributed by atoms with Gasteiger partial charge in [0.25, 0.3) is 0 Å². The van der Waals surface area contributed by atoms with E-state index in [2.05, 4.69) is 30.5 Å². The lowest BCUT2D eigenvalue weighted by atomic mass is 10.0. The number of rotatable bonds is 45. The van der Waals surface area contributed by atoms with Crippen molar-refractivity contribution in [2.24, 2.45) is 5.73 Å². The van der Waals surface area contributed by atoms with Crippen LogP contribution in [-0.4, -0.2) is 59.9 Å². The summed E-state index contributed by atoms with van der Waals surface area (Å²) in [7, 11) is -4.71. The highest BCUT2D eigenvalue weighted by atomic mass is 31.2. The molecule has 0 aromatic rings. The molecule has 0 heterocycles. The SMILES string of the molecule is CCCCCCCCC/C=C\CCCCCCCC(=O)OC[C@H](COP(=O)(O)OC[C@H](N)C(=O)O)OC(=O)CCCCCCCCCCCCCCCCCCCC. The quantitative estimate of drug-likeness (QED) is 0.0230. The molecule has 0 radical (unpaired) electrons. The number of aliphatic carboxylic acids is 1. The van der Waals surface area contributed by atoms with Gasteiger partial charge in [-0.2, -0.15) is 0 Å². The topological polar surface area (TPSA) is 172 Å². The molecule has 0 aliphatic heterocycles. The predicted octanol–water partition coefficient (Wildman–Crippen LogP) is 12.8. The Bertz CT molecular complexity index is 1040. The van der Waals surface area contributed by atoms with Gasteiger partial charge >= 0.3 is 25.7 Å². The van der Waals surface area contributed by atoms with Gasteiger partial charge in [0.1, 0.15) is 12.6 Å². The molecule has 0 amide bonds. The maximum atomic E-state index is 12.7. The van der Waals surface area contributed by atoms with Crippen molar-refractivity contribution in [3.63, 3.8) is 0 Å². The van der Waals surface area contributed by atoms with Gasteiger partial charge in [-0.1, -0.05) is 193 Å². The minimum absolute atomic E-state index is 0.166. The fourth-order valence-corrected chi connectivity index (χ4v) is 7.55. The van der Waals surface area contributed by atoms with Crippen molar-refractivity contribution in [2.75, 3.05) is 19.8 Å². The normalized spacial score (nSPS) is 13.7. The lowest BCUT2D eigenvalue weighted by Gasteiger charge is -2.20. The Morgan fingerprint density at radius 2 is 0.862 bits per heavy atom. The van der Waals surface area contributed by atoms with Crippen LogP contribution in [0.2, 0.25) is 0 Å². The molecule has 11 nitrogen and oxygen atoms in total. The van der Waals surface area contributed by atoms with Gasteiger partial charge in [-0.05, 0) is 38.5 Å². The van der Waals surface area contributed by atoms with Gasteiger partial charge in [0.05, 0.1) is 13.2 Å². The molecule has 12 heteroatoms. The number of ether oxygens (including phenoxy) is 2. The summed E-state index contributed by atoms with van der Waals surface area (Å²) in [6, 6.07) is -1.52. The molecule has 0 aromatic heterocycles. The lowest BCUT2D eigenvalue weighted by Crippen LogP contribution is -2.34. The fraction of sp³-hybridized carbons (Fsp3) is 0.891. The van der Waals surface area contributed by atoms with Gasteiger partial charge in [0.15, 0.2) is 6.10 Å². The van der Waals surface area contributed by atoms with Crippen LogP contribution in [0.5, 0.6) is 0 Å². The van der Waals surface area contributed by atoms with Crippen LogP contribution in [0.1, 0.15) is 232 Å². The minimum atomic E-state index is -4.71. The molecule has 0 aliphatic carbocycles. The average Bonchev–Trinajstić information content (AvgIpc) is 3.20. The summed E-state index contributed by atoms with van der Waals surface area (Å²) < 4.78 is 32.8.